The van der Waals surface area contributed by atoms with Crippen LogP contribution in [0.5, 0.6) is 11.5 Å². The molecular weight excluding hydrogens is 524 g/mol. The Labute approximate surface area is 237 Å². The zero-order valence-corrected chi connectivity index (χ0v) is 23.0. The number of H-pyrrole nitrogens is 1. The highest BCUT2D eigenvalue weighted by atomic mass is 16.6. The van der Waals surface area contributed by atoms with Crippen molar-refractivity contribution in [3.05, 3.63) is 99.7 Å². The highest BCUT2D eigenvalue weighted by Gasteiger charge is 2.35. The predicted molar refractivity (Wildman–Crippen MR) is 154 cm³/mol. The van der Waals surface area contributed by atoms with Gasteiger partial charge in [-0.3, -0.25) is 19.7 Å². The Hall–Kier alpha value is -4.86. The number of hydrogen-bond acceptors (Lipinski definition) is 6. The lowest BCUT2D eigenvalue weighted by Gasteiger charge is -2.28. The highest BCUT2D eigenvalue weighted by Crippen LogP contribution is 2.30. The number of amides is 2. The first-order valence-electron chi connectivity index (χ1n) is 13.5. The first kappa shape index (κ1) is 27.7. The van der Waals surface area contributed by atoms with Gasteiger partial charge in [0, 0.05) is 53.9 Å². The first-order valence-corrected chi connectivity index (χ1v) is 13.5. The summed E-state index contributed by atoms with van der Waals surface area (Å²) in [4.78, 5) is 44.6. The number of rotatable bonds is 12. The number of para-hydroxylation sites is 1. The normalized spacial score (nSPS) is 12.6. The van der Waals surface area contributed by atoms with Crippen molar-refractivity contribution in [3.8, 4) is 11.5 Å². The molecule has 1 fully saturated rings. The fourth-order valence-corrected chi connectivity index (χ4v) is 5.00. The molecule has 1 N–H and O–H groups in total. The maximum atomic E-state index is 13.9. The van der Waals surface area contributed by atoms with Crippen molar-refractivity contribution in [2.45, 2.75) is 31.8 Å². The van der Waals surface area contributed by atoms with Gasteiger partial charge >= 0.3 is 0 Å². The maximum Gasteiger partial charge on any atom is 0.270 e. The van der Waals surface area contributed by atoms with Gasteiger partial charge in [-0.05, 0) is 54.7 Å². The molecule has 1 aliphatic carbocycles. The van der Waals surface area contributed by atoms with Crippen molar-refractivity contribution < 1.29 is 24.0 Å². The fraction of sp³-hybridized carbons (Fsp3) is 0.290. The number of benzene rings is 3. The predicted octanol–water partition coefficient (Wildman–Crippen LogP) is 4.97. The van der Waals surface area contributed by atoms with E-state index in [1.165, 1.54) is 18.2 Å². The van der Waals surface area contributed by atoms with Gasteiger partial charge in [0.1, 0.15) is 6.54 Å². The second-order valence-corrected chi connectivity index (χ2v) is 10.1. The molecule has 212 valence electrons. The van der Waals surface area contributed by atoms with E-state index in [0.29, 0.717) is 31.0 Å². The van der Waals surface area contributed by atoms with Crippen LogP contribution in [-0.4, -0.2) is 64.9 Å². The minimum atomic E-state index is -0.529. The fourth-order valence-electron chi connectivity index (χ4n) is 5.00. The van der Waals surface area contributed by atoms with Crippen molar-refractivity contribution in [2.24, 2.45) is 0 Å². The summed E-state index contributed by atoms with van der Waals surface area (Å²) in [5.41, 5.74) is 3.02. The lowest BCUT2D eigenvalue weighted by molar-refractivity contribution is -0.384. The zero-order chi connectivity index (χ0) is 28.9. The SMILES string of the molecule is COc1ccc(CN(CCc2c[nH]c3ccccc23)C(=O)CN(C(=O)c2cccc([N+](=O)[O-])c2)C2CC2)cc1OC. The third-order valence-corrected chi connectivity index (χ3v) is 7.36. The molecule has 0 atom stereocenters. The van der Waals surface area contributed by atoms with Gasteiger partial charge in [-0.25, -0.2) is 0 Å². The van der Waals surface area contributed by atoms with Crippen LogP contribution in [0.25, 0.3) is 10.9 Å². The van der Waals surface area contributed by atoms with E-state index >= 15 is 0 Å². The Kier molecular flexibility index (Phi) is 8.19. The molecule has 4 aromatic rings. The molecule has 0 aliphatic heterocycles. The van der Waals surface area contributed by atoms with Crippen LogP contribution >= 0.6 is 0 Å². The number of non-ortho nitro benzene ring substituents is 1. The van der Waals surface area contributed by atoms with Gasteiger partial charge in [0.05, 0.1) is 19.1 Å². The van der Waals surface area contributed by atoms with Crippen LogP contribution in [0.4, 0.5) is 5.69 Å². The van der Waals surface area contributed by atoms with E-state index in [9.17, 15) is 19.7 Å². The number of carbonyl (C=O) groups excluding carboxylic acids is 2. The second kappa shape index (κ2) is 12.1. The van der Waals surface area contributed by atoms with E-state index in [0.717, 1.165) is 34.9 Å². The minimum absolute atomic E-state index is 0.0674. The molecule has 5 rings (SSSR count). The van der Waals surface area contributed by atoms with Crippen LogP contribution in [0.3, 0.4) is 0 Å². The monoisotopic (exact) mass is 556 g/mol. The Morgan fingerprint density at radius 3 is 2.51 bits per heavy atom. The molecule has 10 heteroatoms. The van der Waals surface area contributed by atoms with Gasteiger partial charge in [-0.2, -0.15) is 0 Å². The molecule has 1 aromatic heterocycles. The molecule has 0 radical (unpaired) electrons. The average Bonchev–Trinajstić information content (AvgIpc) is 3.76. The molecule has 0 spiro atoms. The van der Waals surface area contributed by atoms with Crippen molar-refractivity contribution in [2.75, 3.05) is 27.3 Å². The number of fused-ring (bicyclic) bond motifs is 1. The van der Waals surface area contributed by atoms with Gasteiger partial charge in [-0.1, -0.05) is 30.3 Å². The molecular formula is C31H32N4O6. The van der Waals surface area contributed by atoms with Crippen LogP contribution < -0.4 is 9.47 Å². The van der Waals surface area contributed by atoms with Gasteiger partial charge < -0.3 is 24.3 Å². The molecule has 10 nitrogen and oxygen atoms in total. The molecule has 2 amide bonds. The molecule has 1 heterocycles. The average molecular weight is 557 g/mol. The number of ether oxygens (including phenoxy) is 2. The number of nitro benzene ring substituents is 1. The summed E-state index contributed by atoms with van der Waals surface area (Å²) in [6.45, 7) is 0.622. The number of methoxy groups -OCH3 is 2. The third-order valence-electron chi connectivity index (χ3n) is 7.36. The van der Waals surface area contributed by atoms with E-state index in [-0.39, 0.29) is 35.7 Å². The van der Waals surface area contributed by atoms with E-state index in [2.05, 4.69) is 4.98 Å². The van der Waals surface area contributed by atoms with Crippen LogP contribution in [0, 0.1) is 10.1 Å². The zero-order valence-electron chi connectivity index (χ0n) is 23.0. The Bertz CT molecular complexity index is 1580. The van der Waals surface area contributed by atoms with Crippen LogP contribution in [0.2, 0.25) is 0 Å². The van der Waals surface area contributed by atoms with Gasteiger partial charge in [0.15, 0.2) is 11.5 Å². The summed E-state index contributed by atoms with van der Waals surface area (Å²) >= 11 is 0. The largest absolute Gasteiger partial charge is 0.493 e. The summed E-state index contributed by atoms with van der Waals surface area (Å²) in [5, 5.41) is 12.4. The van der Waals surface area contributed by atoms with Gasteiger partial charge in [-0.15, -0.1) is 0 Å². The number of aromatic amines is 1. The Balaban J connectivity index is 1.39. The minimum Gasteiger partial charge on any atom is -0.493 e. The van der Waals surface area contributed by atoms with E-state index < -0.39 is 4.92 Å². The van der Waals surface area contributed by atoms with Crippen LogP contribution in [0.1, 0.15) is 34.3 Å². The maximum absolute atomic E-state index is 13.9. The Morgan fingerprint density at radius 2 is 1.78 bits per heavy atom. The van der Waals surface area contributed by atoms with Crippen LogP contribution in [0.15, 0.2) is 72.9 Å². The quantitative estimate of drug-likeness (QED) is 0.194. The van der Waals surface area contributed by atoms with Crippen LogP contribution in [-0.2, 0) is 17.8 Å². The summed E-state index contributed by atoms with van der Waals surface area (Å²) < 4.78 is 10.8. The number of nitro groups is 1. The van der Waals surface area contributed by atoms with E-state index in [1.807, 2.05) is 42.6 Å². The lowest BCUT2D eigenvalue weighted by atomic mass is 10.1. The molecule has 1 saturated carbocycles. The number of nitrogens with zero attached hydrogens (tertiary/aromatic N) is 3. The summed E-state index contributed by atoms with van der Waals surface area (Å²) in [6, 6.07) is 19.1. The van der Waals surface area contributed by atoms with Crippen molar-refractivity contribution >= 4 is 28.4 Å². The molecule has 0 unspecified atom stereocenters. The van der Waals surface area contributed by atoms with E-state index in [1.54, 1.807) is 36.2 Å². The second-order valence-electron chi connectivity index (χ2n) is 10.1. The number of carbonyl (C=O) groups is 2. The van der Waals surface area contributed by atoms with Crippen molar-refractivity contribution in [1.29, 1.82) is 0 Å². The molecule has 0 saturated heterocycles. The third kappa shape index (κ3) is 6.32. The number of nitrogens with one attached hydrogen (secondary N) is 1. The summed E-state index contributed by atoms with van der Waals surface area (Å²) in [7, 11) is 3.13. The number of hydrogen-bond donors (Lipinski definition) is 1. The van der Waals surface area contributed by atoms with E-state index in [4.69, 9.17) is 9.47 Å². The van der Waals surface area contributed by atoms with Crippen molar-refractivity contribution in [3.63, 3.8) is 0 Å². The highest BCUT2D eigenvalue weighted by molar-refractivity contribution is 5.97. The molecule has 0 bridgehead atoms. The molecule has 1 aliphatic rings. The van der Waals surface area contributed by atoms with Gasteiger partial charge in [0.2, 0.25) is 5.91 Å². The Morgan fingerprint density at radius 1 is 1.00 bits per heavy atom. The number of aromatic nitrogens is 1. The van der Waals surface area contributed by atoms with Crippen molar-refractivity contribution in [1.82, 2.24) is 14.8 Å². The van der Waals surface area contributed by atoms with Gasteiger partial charge in [0.25, 0.3) is 11.6 Å². The standard InChI is InChI=1S/C31H32N4O6/c1-40-28-13-10-21(16-29(28)41-2)19-33(15-14-23-18-32-27-9-4-3-8-26(23)27)30(36)20-34(24-11-12-24)31(37)22-6-5-7-25(17-22)35(38)39/h3-10,13,16-18,24,32H,11-12,14-15,19-20H2,1-2H3. The summed E-state index contributed by atoms with van der Waals surface area (Å²) in [6.07, 6.45) is 4.16. The lowest BCUT2D eigenvalue weighted by Crippen LogP contribution is -2.44. The summed E-state index contributed by atoms with van der Waals surface area (Å²) in [5.74, 6) is 0.572. The topological polar surface area (TPSA) is 118 Å². The smallest absolute Gasteiger partial charge is 0.270 e. The molecule has 3 aromatic carbocycles. The molecule has 41 heavy (non-hydrogen) atoms. The first-order chi connectivity index (χ1) is 19.9.